The summed E-state index contributed by atoms with van der Waals surface area (Å²) in [4.78, 5) is 11.7. The minimum absolute atomic E-state index is 0.178. The molecule has 2 aliphatic carbocycles. The van der Waals surface area contributed by atoms with E-state index in [0.717, 1.165) is 73.0 Å². The normalized spacial score (nSPS) is 28.2. The van der Waals surface area contributed by atoms with E-state index in [1.807, 2.05) is 24.3 Å². The molecule has 0 radical (unpaired) electrons. The number of aromatic nitrogens is 2. The number of aliphatic hydroxyl groups excluding tert-OH is 2. The highest BCUT2D eigenvalue weighted by Gasteiger charge is 2.43. The minimum atomic E-state index is -0.178. The summed E-state index contributed by atoms with van der Waals surface area (Å²) in [6.45, 7) is 6.21. The lowest BCUT2D eigenvalue weighted by Gasteiger charge is -2.47. The molecule has 0 spiro atoms. The molecule has 2 saturated carbocycles. The number of piperidine rings is 1. The van der Waals surface area contributed by atoms with Crippen LogP contribution in [0.2, 0.25) is 0 Å². The number of hydrogen-bond donors (Lipinski definition) is 4. The standard InChI is InChI=1S/C29H42BrN5O3/c1-2-19-13-21-15-24(37)16-22(14-19)27(21)33-28-26(30)17-31-29(34-28)32-23-3-5-25(6-4-23)38-12-11-35-9-7-20(18-36)8-10-35/h3-6,17,19-22,24,27,36-37H,2,7-16,18H2,1H3,(H2,31,32,33,34). The number of hydrogen-bond acceptors (Lipinski definition) is 8. The number of nitrogens with one attached hydrogen (secondary N) is 2. The summed E-state index contributed by atoms with van der Waals surface area (Å²) in [5.41, 5.74) is 0.903. The fourth-order valence-corrected chi connectivity index (χ4v) is 6.92. The van der Waals surface area contributed by atoms with Crippen LogP contribution in [0.5, 0.6) is 5.75 Å². The van der Waals surface area contributed by atoms with Crippen molar-refractivity contribution >= 4 is 33.4 Å². The van der Waals surface area contributed by atoms with Gasteiger partial charge >= 0.3 is 0 Å². The van der Waals surface area contributed by atoms with Crippen molar-refractivity contribution in [1.82, 2.24) is 14.9 Å². The van der Waals surface area contributed by atoms with E-state index < -0.39 is 0 Å². The zero-order valence-corrected chi connectivity index (χ0v) is 23.9. The number of aliphatic hydroxyl groups is 2. The van der Waals surface area contributed by atoms with Crippen LogP contribution in [0.25, 0.3) is 0 Å². The maximum Gasteiger partial charge on any atom is 0.229 e. The number of fused-ring (bicyclic) bond motifs is 2. The maximum atomic E-state index is 10.4. The van der Waals surface area contributed by atoms with Gasteiger partial charge in [-0.1, -0.05) is 13.3 Å². The molecule has 2 aromatic rings. The van der Waals surface area contributed by atoms with Crippen molar-refractivity contribution in [1.29, 1.82) is 0 Å². The molecule has 9 heteroatoms. The Morgan fingerprint density at radius 2 is 1.76 bits per heavy atom. The van der Waals surface area contributed by atoms with Gasteiger partial charge in [0.1, 0.15) is 18.2 Å². The lowest BCUT2D eigenvalue weighted by molar-refractivity contribution is 0.0161. The van der Waals surface area contributed by atoms with Gasteiger partial charge in [-0.05, 0) is 115 Å². The van der Waals surface area contributed by atoms with Gasteiger partial charge in [0.05, 0.1) is 10.6 Å². The lowest BCUT2D eigenvalue weighted by atomic mass is 9.63. The van der Waals surface area contributed by atoms with Gasteiger partial charge in [-0.25, -0.2) is 4.98 Å². The Morgan fingerprint density at radius 1 is 1.05 bits per heavy atom. The molecule has 2 atom stereocenters. The van der Waals surface area contributed by atoms with Gasteiger partial charge in [-0.3, -0.25) is 4.90 Å². The predicted octanol–water partition coefficient (Wildman–Crippen LogP) is 5.05. The number of benzene rings is 1. The third-order valence-corrected chi connectivity index (χ3v) is 9.39. The van der Waals surface area contributed by atoms with E-state index in [0.29, 0.717) is 43.0 Å². The molecule has 5 rings (SSSR count). The average Bonchev–Trinajstić information content (AvgIpc) is 2.92. The van der Waals surface area contributed by atoms with Gasteiger partial charge in [0.2, 0.25) is 5.95 Å². The molecule has 0 amide bonds. The zero-order chi connectivity index (χ0) is 26.5. The van der Waals surface area contributed by atoms with Crippen molar-refractivity contribution in [2.45, 2.75) is 64.0 Å². The van der Waals surface area contributed by atoms with Crippen LogP contribution < -0.4 is 15.4 Å². The number of likely N-dealkylation sites (tertiary alicyclic amines) is 1. The second kappa shape index (κ2) is 12.9. The summed E-state index contributed by atoms with van der Waals surface area (Å²) >= 11 is 3.63. The Hall–Kier alpha value is -1.94. The Balaban J connectivity index is 1.14. The zero-order valence-electron chi connectivity index (χ0n) is 22.4. The highest BCUT2D eigenvalue weighted by Crippen LogP contribution is 2.45. The van der Waals surface area contributed by atoms with Crippen molar-refractivity contribution in [3.8, 4) is 5.75 Å². The van der Waals surface area contributed by atoms with E-state index in [2.05, 4.69) is 43.4 Å². The molecular weight excluding hydrogens is 546 g/mol. The van der Waals surface area contributed by atoms with Crippen LogP contribution in [-0.4, -0.2) is 70.1 Å². The summed E-state index contributed by atoms with van der Waals surface area (Å²) in [6.07, 6.45) is 9.05. The van der Waals surface area contributed by atoms with Crippen LogP contribution in [-0.2, 0) is 0 Å². The second-order valence-electron chi connectivity index (χ2n) is 11.4. The quantitative estimate of drug-likeness (QED) is 0.306. The van der Waals surface area contributed by atoms with E-state index in [1.54, 1.807) is 6.20 Å². The first kappa shape index (κ1) is 27.6. The van der Waals surface area contributed by atoms with Crippen molar-refractivity contribution in [2.24, 2.45) is 23.7 Å². The third-order valence-electron chi connectivity index (χ3n) is 8.81. The Morgan fingerprint density at radius 3 is 2.42 bits per heavy atom. The molecule has 208 valence electrons. The summed E-state index contributed by atoms with van der Waals surface area (Å²) in [5, 5.41) is 26.7. The minimum Gasteiger partial charge on any atom is -0.492 e. The molecule has 8 nitrogen and oxygen atoms in total. The molecule has 2 heterocycles. The lowest BCUT2D eigenvalue weighted by Crippen LogP contribution is -2.49. The molecule has 1 aromatic heterocycles. The van der Waals surface area contributed by atoms with Crippen LogP contribution >= 0.6 is 15.9 Å². The number of nitrogens with zero attached hydrogens (tertiary/aromatic N) is 3. The Labute approximate surface area is 234 Å². The van der Waals surface area contributed by atoms with Gasteiger partial charge in [-0.2, -0.15) is 4.98 Å². The van der Waals surface area contributed by atoms with E-state index in [9.17, 15) is 10.2 Å². The van der Waals surface area contributed by atoms with Gasteiger partial charge in [0.15, 0.2) is 0 Å². The molecule has 2 unspecified atom stereocenters. The Kier molecular flexibility index (Phi) is 9.41. The van der Waals surface area contributed by atoms with Crippen molar-refractivity contribution < 1.29 is 14.9 Å². The fraction of sp³-hybridized carbons (Fsp3) is 0.655. The van der Waals surface area contributed by atoms with E-state index in [1.165, 1.54) is 19.3 Å². The molecule has 1 saturated heterocycles. The largest absolute Gasteiger partial charge is 0.492 e. The first-order valence-electron chi connectivity index (χ1n) is 14.3. The molecule has 3 aliphatic rings. The maximum absolute atomic E-state index is 10.4. The smallest absolute Gasteiger partial charge is 0.229 e. The average molecular weight is 589 g/mol. The summed E-state index contributed by atoms with van der Waals surface area (Å²) < 4.78 is 6.81. The molecule has 38 heavy (non-hydrogen) atoms. The summed E-state index contributed by atoms with van der Waals surface area (Å²) in [5.74, 6) is 4.36. The summed E-state index contributed by atoms with van der Waals surface area (Å²) in [7, 11) is 0. The van der Waals surface area contributed by atoms with Crippen molar-refractivity contribution in [2.75, 3.05) is 43.5 Å². The SMILES string of the molecule is CCC1CC2CC(O)CC(C1)C2Nc1nc(Nc2ccc(OCCN3CCC(CO)CC3)cc2)ncc1Br. The summed E-state index contributed by atoms with van der Waals surface area (Å²) in [6, 6.07) is 8.24. The first-order valence-corrected chi connectivity index (χ1v) is 15.1. The van der Waals surface area contributed by atoms with Gasteiger partial charge in [0.25, 0.3) is 0 Å². The molecule has 1 aliphatic heterocycles. The van der Waals surface area contributed by atoms with Crippen molar-refractivity contribution in [3.05, 3.63) is 34.9 Å². The van der Waals surface area contributed by atoms with Crippen LogP contribution in [0.3, 0.4) is 0 Å². The topological polar surface area (TPSA) is 103 Å². The molecule has 4 N–H and O–H groups in total. The molecule has 2 bridgehead atoms. The highest BCUT2D eigenvalue weighted by molar-refractivity contribution is 9.10. The van der Waals surface area contributed by atoms with Gasteiger partial charge < -0.3 is 25.6 Å². The van der Waals surface area contributed by atoms with E-state index in [-0.39, 0.29) is 6.10 Å². The molecule has 1 aromatic carbocycles. The van der Waals surface area contributed by atoms with E-state index >= 15 is 0 Å². The van der Waals surface area contributed by atoms with E-state index in [4.69, 9.17) is 9.72 Å². The molecule has 3 fully saturated rings. The van der Waals surface area contributed by atoms with Crippen LogP contribution in [0, 0.1) is 23.7 Å². The Bertz CT molecular complexity index is 1020. The second-order valence-corrected chi connectivity index (χ2v) is 12.3. The van der Waals surface area contributed by atoms with Crippen LogP contribution in [0.15, 0.2) is 34.9 Å². The molecular formula is C29H42BrN5O3. The fourth-order valence-electron chi connectivity index (χ4n) is 6.62. The number of ether oxygens (including phenoxy) is 1. The van der Waals surface area contributed by atoms with Crippen LogP contribution in [0.4, 0.5) is 17.5 Å². The number of rotatable bonds is 10. The van der Waals surface area contributed by atoms with Gasteiger partial charge in [0, 0.05) is 31.1 Å². The van der Waals surface area contributed by atoms with Crippen LogP contribution in [0.1, 0.15) is 51.9 Å². The predicted molar refractivity (Wildman–Crippen MR) is 154 cm³/mol. The first-order chi connectivity index (χ1) is 18.5. The third kappa shape index (κ3) is 6.97. The number of anilines is 3. The van der Waals surface area contributed by atoms with Crippen molar-refractivity contribution in [3.63, 3.8) is 0 Å². The monoisotopic (exact) mass is 587 g/mol. The van der Waals surface area contributed by atoms with Gasteiger partial charge in [-0.15, -0.1) is 0 Å². The number of halogens is 1. The highest BCUT2D eigenvalue weighted by atomic mass is 79.9.